The largest absolute Gasteiger partial charge is 0.324 e. The van der Waals surface area contributed by atoms with Gasteiger partial charge in [0.2, 0.25) is 5.95 Å². The lowest BCUT2D eigenvalue weighted by Gasteiger charge is -2.22. The SMILES string of the molecule is CC(C)(C)c1ccccc1Nc1ncc(C(=O)Nc2ccccc2Cl)cn1. The maximum Gasteiger partial charge on any atom is 0.258 e. The van der Waals surface area contributed by atoms with E-state index in [9.17, 15) is 4.79 Å². The minimum absolute atomic E-state index is 0.0155. The number of hydrogen-bond acceptors (Lipinski definition) is 4. The van der Waals surface area contributed by atoms with Crippen molar-refractivity contribution in [2.75, 3.05) is 10.6 Å². The fraction of sp³-hybridized carbons (Fsp3) is 0.190. The van der Waals surface area contributed by atoms with Crippen LogP contribution in [0.15, 0.2) is 60.9 Å². The Labute approximate surface area is 163 Å². The molecule has 0 spiro atoms. The van der Waals surface area contributed by atoms with Crippen LogP contribution in [0, 0.1) is 0 Å². The molecular formula is C21H21ClN4O. The van der Waals surface area contributed by atoms with Crippen LogP contribution >= 0.6 is 11.6 Å². The summed E-state index contributed by atoms with van der Waals surface area (Å²) in [5.41, 5.74) is 2.99. The number of amides is 1. The van der Waals surface area contributed by atoms with Gasteiger partial charge in [-0.05, 0) is 29.2 Å². The van der Waals surface area contributed by atoms with Gasteiger partial charge in [-0.1, -0.05) is 62.7 Å². The van der Waals surface area contributed by atoms with Crippen molar-refractivity contribution in [3.8, 4) is 0 Å². The Kier molecular flexibility index (Phi) is 5.42. The fourth-order valence-corrected chi connectivity index (χ4v) is 2.82. The van der Waals surface area contributed by atoms with E-state index in [4.69, 9.17) is 11.6 Å². The normalized spacial score (nSPS) is 11.1. The molecule has 1 amide bonds. The number of rotatable bonds is 4. The molecule has 3 rings (SSSR count). The average Bonchev–Trinajstić information content (AvgIpc) is 2.64. The van der Waals surface area contributed by atoms with Crippen LogP contribution in [-0.4, -0.2) is 15.9 Å². The standard InChI is InChI=1S/C21H21ClN4O/c1-21(2,3)15-8-4-6-10-17(15)26-20-23-12-14(13-24-20)19(27)25-18-11-7-5-9-16(18)22/h4-13H,1-3H3,(H,25,27)(H,23,24,26). The van der Waals surface area contributed by atoms with Gasteiger partial charge in [0, 0.05) is 18.1 Å². The molecule has 2 aromatic carbocycles. The molecule has 1 aromatic heterocycles. The van der Waals surface area contributed by atoms with Crippen LogP contribution in [0.5, 0.6) is 0 Å². The molecule has 0 fully saturated rings. The lowest BCUT2D eigenvalue weighted by Crippen LogP contribution is -2.15. The van der Waals surface area contributed by atoms with Gasteiger partial charge in [-0.25, -0.2) is 9.97 Å². The summed E-state index contributed by atoms with van der Waals surface area (Å²) in [6.45, 7) is 6.45. The first-order valence-electron chi connectivity index (χ1n) is 8.59. The number of carbonyl (C=O) groups is 1. The maximum atomic E-state index is 12.4. The first-order valence-corrected chi connectivity index (χ1v) is 8.97. The molecule has 27 heavy (non-hydrogen) atoms. The van der Waals surface area contributed by atoms with E-state index in [1.807, 2.05) is 18.2 Å². The second-order valence-electron chi connectivity index (χ2n) is 7.15. The Morgan fingerprint density at radius 3 is 2.15 bits per heavy atom. The molecule has 0 saturated carbocycles. The van der Waals surface area contributed by atoms with E-state index >= 15 is 0 Å². The van der Waals surface area contributed by atoms with Gasteiger partial charge in [0.25, 0.3) is 5.91 Å². The number of nitrogens with zero attached hydrogens (tertiary/aromatic N) is 2. The van der Waals surface area contributed by atoms with Crippen molar-refractivity contribution in [2.45, 2.75) is 26.2 Å². The fourth-order valence-electron chi connectivity index (χ4n) is 2.63. The van der Waals surface area contributed by atoms with Gasteiger partial charge in [0.1, 0.15) is 0 Å². The summed E-state index contributed by atoms with van der Waals surface area (Å²) in [6, 6.07) is 15.1. The average molecular weight is 381 g/mol. The third kappa shape index (κ3) is 4.63. The summed E-state index contributed by atoms with van der Waals surface area (Å²) < 4.78 is 0. The first kappa shape index (κ1) is 18.9. The number of anilines is 3. The molecule has 6 heteroatoms. The van der Waals surface area contributed by atoms with Gasteiger partial charge in [-0.15, -0.1) is 0 Å². The van der Waals surface area contributed by atoms with Gasteiger partial charge >= 0.3 is 0 Å². The minimum atomic E-state index is -0.315. The zero-order valence-corrected chi connectivity index (χ0v) is 16.2. The Morgan fingerprint density at radius 2 is 1.52 bits per heavy atom. The molecule has 0 atom stereocenters. The van der Waals surface area contributed by atoms with Gasteiger partial charge < -0.3 is 10.6 Å². The molecular weight excluding hydrogens is 360 g/mol. The van der Waals surface area contributed by atoms with Crippen molar-refractivity contribution in [3.05, 3.63) is 77.1 Å². The highest BCUT2D eigenvalue weighted by Crippen LogP contribution is 2.30. The summed E-state index contributed by atoms with van der Waals surface area (Å²) >= 11 is 6.07. The lowest BCUT2D eigenvalue weighted by atomic mass is 9.86. The number of nitrogens with one attached hydrogen (secondary N) is 2. The van der Waals surface area contributed by atoms with Crippen molar-refractivity contribution in [1.29, 1.82) is 0 Å². The Hall–Kier alpha value is -2.92. The summed E-state index contributed by atoms with van der Waals surface area (Å²) in [7, 11) is 0. The van der Waals surface area contributed by atoms with Crippen LogP contribution in [0.2, 0.25) is 5.02 Å². The quantitative estimate of drug-likeness (QED) is 0.633. The predicted molar refractivity (Wildman–Crippen MR) is 110 cm³/mol. The molecule has 5 nitrogen and oxygen atoms in total. The monoisotopic (exact) mass is 380 g/mol. The molecule has 0 aliphatic carbocycles. The zero-order valence-electron chi connectivity index (χ0n) is 15.5. The van der Waals surface area contributed by atoms with Crippen LogP contribution in [0.25, 0.3) is 0 Å². The topological polar surface area (TPSA) is 66.9 Å². The predicted octanol–water partition coefficient (Wildman–Crippen LogP) is 5.42. The Bertz CT molecular complexity index is 949. The molecule has 0 unspecified atom stereocenters. The third-order valence-corrected chi connectivity index (χ3v) is 4.35. The smallest absolute Gasteiger partial charge is 0.258 e. The van der Waals surface area contributed by atoms with E-state index in [0.29, 0.717) is 22.2 Å². The molecule has 3 aromatic rings. The summed E-state index contributed by atoms with van der Waals surface area (Å²) in [4.78, 5) is 20.9. The van der Waals surface area contributed by atoms with Crippen LogP contribution in [0.1, 0.15) is 36.7 Å². The lowest BCUT2D eigenvalue weighted by molar-refractivity contribution is 0.102. The van der Waals surface area contributed by atoms with Gasteiger partial charge in [-0.3, -0.25) is 4.79 Å². The molecule has 0 aliphatic rings. The van der Waals surface area contributed by atoms with Crippen molar-refractivity contribution in [2.24, 2.45) is 0 Å². The van der Waals surface area contributed by atoms with Gasteiger partial charge in [0.15, 0.2) is 0 Å². The van der Waals surface area contributed by atoms with E-state index in [0.717, 1.165) is 11.3 Å². The number of carbonyl (C=O) groups excluding carboxylic acids is 1. The number of halogens is 1. The maximum absolute atomic E-state index is 12.4. The van der Waals surface area contributed by atoms with Gasteiger partial charge in [0.05, 0.1) is 16.3 Å². The molecule has 0 saturated heterocycles. The molecule has 0 aliphatic heterocycles. The van der Waals surface area contributed by atoms with Crippen LogP contribution in [-0.2, 0) is 5.41 Å². The van der Waals surface area contributed by atoms with Crippen molar-refractivity contribution in [1.82, 2.24) is 9.97 Å². The van der Waals surface area contributed by atoms with E-state index in [1.54, 1.807) is 24.3 Å². The summed E-state index contributed by atoms with van der Waals surface area (Å²) in [5.74, 6) is 0.116. The van der Waals surface area contributed by atoms with E-state index in [1.165, 1.54) is 12.4 Å². The number of benzene rings is 2. The van der Waals surface area contributed by atoms with Crippen molar-refractivity contribution < 1.29 is 4.79 Å². The second kappa shape index (κ2) is 7.76. The Balaban J connectivity index is 1.75. The highest BCUT2D eigenvalue weighted by molar-refractivity contribution is 6.33. The highest BCUT2D eigenvalue weighted by atomic mass is 35.5. The minimum Gasteiger partial charge on any atom is -0.324 e. The van der Waals surface area contributed by atoms with Crippen LogP contribution in [0.3, 0.4) is 0 Å². The van der Waals surface area contributed by atoms with Crippen molar-refractivity contribution in [3.63, 3.8) is 0 Å². The Morgan fingerprint density at radius 1 is 0.926 bits per heavy atom. The van der Waals surface area contributed by atoms with E-state index in [2.05, 4.69) is 47.4 Å². The zero-order chi connectivity index (χ0) is 19.4. The van der Waals surface area contributed by atoms with E-state index < -0.39 is 0 Å². The second-order valence-corrected chi connectivity index (χ2v) is 7.56. The number of hydrogen-bond donors (Lipinski definition) is 2. The van der Waals surface area contributed by atoms with Gasteiger partial charge in [-0.2, -0.15) is 0 Å². The molecule has 1 heterocycles. The van der Waals surface area contributed by atoms with Crippen molar-refractivity contribution >= 4 is 34.8 Å². The molecule has 0 bridgehead atoms. The summed E-state index contributed by atoms with van der Waals surface area (Å²) in [5, 5.41) is 6.46. The number of para-hydroxylation sites is 2. The van der Waals surface area contributed by atoms with Crippen LogP contribution < -0.4 is 10.6 Å². The molecule has 2 N–H and O–H groups in total. The summed E-state index contributed by atoms with van der Waals surface area (Å²) in [6.07, 6.45) is 2.97. The van der Waals surface area contributed by atoms with Crippen LogP contribution in [0.4, 0.5) is 17.3 Å². The molecule has 138 valence electrons. The number of aromatic nitrogens is 2. The van der Waals surface area contributed by atoms with E-state index in [-0.39, 0.29) is 11.3 Å². The highest BCUT2D eigenvalue weighted by Gasteiger charge is 2.18. The molecule has 0 radical (unpaired) electrons. The first-order chi connectivity index (χ1) is 12.8. The third-order valence-electron chi connectivity index (χ3n) is 4.02.